The molecule has 0 saturated heterocycles. The number of para-hydroxylation sites is 1. The van der Waals surface area contributed by atoms with Gasteiger partial charge in [-0.2, -0.15) is 11.2 Å². The van der Waals surface area contributed by atoms with Crippen molar-refractivity contribution < 1.29 is 25.2 Å². The van der Waals surface area contributed by atoms with Gasteiger partial charge in [-0.25, -0.2) is 4.98 Å². The molecule has 262 valence electrons. The summed E-state index contributed by atoms with van der Waals surface area (Å²) in [5, 5.41) is 7.35. The van der Waals surface area contributed by atoms with E-state index in [2.05, 4.69) is 146 Å². The normalized spacial score (nSPS) is 11.7. The maximum Gasteiger partial charge on any atom is 2.00 e. The fraction of sp³-hybridized carbons (Fsp3) is 0.289. The van der Waals surface area contributed by atoms with Crippen LogP contribution in [0.4, 0.5) is 0 Å². The summed E-state index contributed by atoms with van der Waals surface area (Å²) in [6.45, 7) is 19.7. The Morgan fingerprint density at radius 3 is 2.25 bits per heavy atom. The molecule has 0 N–H and O–H groups in total. The van der Waals surface area contributed by atoms with Crippen LogP contribution in [0.3, 0.4) is 0 Å². The number of aryl methyl sites for hydroxylation is 5. The molecule has 3 heterocycles. The van der Waals surface area contributed by atoms with Gasteiger partial charge < -0.3 is 9.30 Å². The van der Waals surface area contributed by atoms with Crippen molar-refractivity contribution in [2.75, 3.05) is 0 Å². The van der Waals surface area contributed by atoms with Gasteiger partial charge in [0, 0.05) is 34.5 Å². The molecule has 0 aliphatic heterocycles. The zero-order valence-corrected chi connectivity index (χ0v) is 32.7. The Hall–Kier alpha value is -4.50. The van der Waals surface area contributed by atoms with Gasteiger partial charge in [-0.15, -0.1) is 41.3 Å². The van der Waals surface area contributed by atoms with Crippen molar-refractivity contribution in [1.29, 1.82) is 0 Å². The van der Waals surface area contributed by atoms with E-state index in [1.165, 1.54) is 33.4 Å². The van der Waals surface area contributed by atoms with Crippen LogP contribution in [0, 0.1) is 46.8 Å². The topological polar surface area (TPSA) is 44.9 Å². The molecule has 7 rings (SSSR count). The molecular weight excluding hydrogens is 719 g/mol. The number of fused-ring (bicyclic) bond motifs is 3. The van der Waals surface area contributed by atoms with Crippen LogP contribution in [0.5, 0.6) is 11.5 Å². The molecule has 6 heteroatoms. The summed E-state index contributed by atoms with van der Waals surface area (Å²) in [7, 11) is 0. The van der Waals surface area contributed by atoms with Crippen molar-refractivity contribution in [2.45, 2.75) is 87.0 Å². The van der Waals surface area contributed by atoms with Crippen molar-refractivity contribution >= 4 is 21.8 Å². The number of aromatic nitrogens is 4. The number of hydrogen-bond acceptors (Lipinski definition) is 3. The first-order chi connectivity index (χ1) is 23.9. The molecule has 0 aliphatic rings. The summed E-state index contributed by atoms with van der Waals surface area (Å²) < 4.78 is 10.9. The zero-order valence-electron chi connectivity index (χ0n) is 31.1. The number of hydrogen-bond donors (Lipinski definition) is 0. The van der Waals surface area contributed by atoms with Gasteiger partial charge in [0.25, 0.3) is 0 Å². The van der Waals surface area contributed by atoms with Crippen LogP contribution in [-0.4, -0.2) is 19.3 Å². The molecule has 0 radical (unpaired) electrons. The van der Waals surface area contributed by atoms with Crippen molar-refractivity contribution in [3.63, 3.8) is 0 Å². The minimum atomic E-state index is -0.125. The van der Waals surface area contributed by atoms with Crippen LogP contribution >= 0.6 is 0 Å². The Morgan fingerprint density at radius 1 is 0.784 bits per heavy atom. The Bertz CT molecular complexity index is 2370. The summed E-state index contributed by atoms with van der Waals surface area (Å²) in [4.78, 5) is 4.83. The second kappa shape index (κ2) is 14.3. The summed E-state index contributed by atoms with van der Waals surface area (Å²) in [6, 6.07) is 32.9. The largest absolute Gasteiger partial charge is 2.00 e. The third kappa shape index (κ3) is 6.93. The quantitative estimate of drug-likeness (QED) is 0.114. The van der Waals surface area contributed by atoms with E-state index in [9.17, 15) is 0 Å². The number of rotatable bonds is 8. The molecule has 7 aromatic rings. The smallest absolute Gasteiger partial charge is 0.509 e. The van der Waals surface area contributed by atoms with Crippen LogP contribution < -0.4 is 4.74 Å². The molecule has 0 fully saturated rings. The van der Waals surface area contributed by atoms with Gasteiger partial charge in [-0.3, -0.25) is 4.68 Å². The predicted octanol–water partition coefficient (Wildman–Crippen LogP) is 11.6. The fourth-order valence-electron chi connectivity index (χ4n) is 7.35. The van der Waals surface area contributed by atoms with Gasteiger partial charge in [-0.1, -0.05) is 75.5 Å². The first-order valence-electron chi connectivity index (χ1n) is 17.7. The van der Waals surface area contributed by atoms with Gasteiger partial charge in [0.05, 0.1) is 5.69 Å². The van der Waals surface area contributed by atoms with Crippen molar-refractivity contribution in [3.8, 4) is 34.1 Å². The molecule has 5 nitrogen and oxygen atoms in total. The third-order valence-electron chi connectivity index (χ3n) is 9.78. The minimum Gasteiger partial charge on any atom is -0.509 e. The third-order valence-corrected chi connectivity index (χ3v) is 9.78. The van der Waals surface area contributed by atoms with Gasteiger partial charge in [0.15, 0.2) is 0 Å². The van der Waals surface area contributed by atoms with E-state index >= 15 is 0 Å². The van der Waals surface area contributed by atoms with E-state index in [0.717, 1.165) is 69.5 Å². The average Bonchev–Trinajstić information content (AvgIpc) is 3.56. The predicted molar refractivity (Wildman–Crippen MR) is 206 cm³/mol. The van der Waals surface area contributed by atoms with Crippen LogP contribution in [0.1, 0.15) is 79.7 Å². The second-order valence-corrected chi connectivity index (χ2v) is 14.8. The van der Waals surface area contributed by atoms with Crippen molar-refractivity contribution in [3.05, 3.63) is 130 Å². The molecule has 0 atom stereocenters. The Morgan fingerprint density at radius 2 is 1.53 bits per heavy atom. The Kier molecular flexibility index (Phi) is 10.1. The van der Waals surface area contributed by atoms with Gasteiger partial charge in [0.2, 0.25) is 0 Å². The average molecular weight is 765 g/mol. The molecule has 0 spiro atoms. The number of unbranched alkanes of at least 4 members (excludes halogenated alkanes) is 1. The summed E-state index contributed by atoms with van der Waals surface area (Å²) in [5.41, 5.74) is 13.5. The van der Waals surface area contributed by atoms with Crippen molar-refractivity contribution in [1.82, 2.24) is 19.3 Å². The second-order valence-electron chi connectivity index (χ2n) is 14.8. The Balaban J connectivity index is 0.00000448. The molecule has 51 heavy (non-hydrogen) atoms. The van der Waals surface area contributed by atoms with E-state index in [1.54, 1.807) is 0 Å². The first kappa shape index (κ1) is 36.3. The number of benzene rings is 4. The molecule has 0 unspecified atom stereocenters. The number of nitrogens with zero attached hydrogens (tertiary/aromatic N) is 4. The van der Waals surface area contributed by atoms with Crippen LogP contribution in [-0.2, 0) is 32.3 Å². The summed E-state index contributed by atoms with van der Waals surface area (Å²) in [6.07, 6.45) is 5.26. The maximum atomic E-state index is 6.68. The standard InChI is InChI=1S/C45H46N4O.Pd/c1-10-11-14-33-19-20-46-42(23-33)48-40-16-13-12-15-38(40)39-18-17-36(27-41(39)48)50-37-25-34(45(7,8)9)24-35(26-37)49-32(6)44(31(5)47-49)43-29(3)21-28(2)22-30(43)4;/h12-13,15-25H,10-11,14H2,1-9H3;/q-2;+2. The first-order valence-corrected chi connectivity index (χ1v) is 17.7. The summed E-state index contributed by atoms with van der Waals surface area (Å²) >= 11 is 0. The SMILES string of the molecule is CCCCc1ccnc(-n2c3[c-]c(Oc4[c-]c(-n5nc(C)c(-c6c(C)cc(C)cc6C)c5C)cc(C(C)(C)C)c4)ccc3c3ccccc32)c1.[Pd+2]. The summed E-state index contributed by atoms with van der Waals surface area (Å²) in [5.74, 6) is 2.14. The van der Waals surface area contributed by atoms with E-state index in [1.807, 2.05) is 16.9 Å². The van der Waals surface area contributed by atoms with Crippen LogP contribution in [0.2, 0.25) is 0 Å². The monoisotopic (exact) mass is 764 g/mol. The van der Waals surface area contributed by atoms with Gasteiger partial charge >= 0.3 is 20.4 Å². The van der Waals surface area contributed by atoms with E-state index in [4.69, 9.17) is 14.8 Å². The van der Waals surface area contributed by atoms with Crippen LogP contribution in [0.15, 0.2) is 79.0 Å². The fourth-order valence-corrected chi connectivity index (χ4v) is 7.35. The Labute approximate surface area is 316 Å². The molecule has 3 aromatic heterocycles. The molecule has 0 amide bonds. The molecular formula is C45H46N4OPd. The van der Waals surface area contributed by atoms with Crippen molar-refractivity contribution in [2.24, 2.45) is 0 Å². The van der Waals surface area contributed by atoms with Crippen LogP contribution in [0.25, 0.3) is 44.4 Å². The van der Waals surface area contributed by atoms with E-state index in [-0.39, 0.29) is 25.8 Å². The number of ether oxygens (including phenoxy) is 1. The molecule has 4 aromatic carbocycles. The minimum absolute atomic E-state index is 0. The van der Waals surface area contributed by atoms with E-state index < -0.39 is 0 Å². The van der Waals surface area contributed by atoms with E-state index in [0.29, 0.717) is 11.5 Å². The molecule has 0 bridgehead atoms. The zero-order chi connectivity index (χ0) is 35.3. The molecule has 0 aliphatic carbocycles. The van der Waals surface area contributed by atoms with Gasteiger partial charge in [-0.05, 0) is 104 Å². The molecule has 0 saturated carbocycles. The maximum absolute atomic E-state index is 6.68. The van der Waals surface area contributed by atoms with Gasteiger partial charge in [0.1, 0.15) is 5.82 Å². The number of pyridine rings is 1.